The minimum Gasteiger partial charge on any atom is -0.347 e. The van der Waals surface area contributed by atoms with Crippen molar-refractivity contribution in [2.75, 3.05) is 0 Å². The topological polar surface area (TPSA) is 76.0 Å². The fourth-order valence-electron chi connectivity index (χ4n) is 2.69. The molecule has 0 fully saturated rings. The van der Waals surface area contributed by atoms with Crippen LogP contribution in [0.25, 0.3) is 0 Å². The molecule has 1 aromatic heterocycles. The molecule has 2 N–H and O–H groups in total. The summed E-state index contributed by atoms with van der Waals surface area (Å²) in [7, 11) is 0. The van der Waals surface area contributed by atoms with Crippen LogP contribution in [0.5, 0.6) is 0 Å². The molecule has 128 valence electrons. The van der Waals surface area contributed by atoms with Crippen LogP contribution in [0.1, 0.15) is 80.7 Å². The van der Waals surface area contributed by atoms with Gasteiger partial charge in [-0.2, -0.15) is 0 Å². The number of nitrogens with zero attached hydrogens (tertiary/aromatic N) is 2. The molecule has 1 unspecified atom stereocenters. The lowest BCUT2D eigenvalue weighted by Gasteiger charge is -2.21. The van der Waals surface area contributed by atoms with Gasteiger partial charge in [0.25, 0.3) is 11.8 Å². The first-order valence-electron chi connectivity index (χ1n) is 8.45. The van der Waals surface area contributed by atoms with Crippen molar-refractivity contribution in [1.29, 1.82) is 0 Å². The number of carbonyl (C=O) groups excluding carboxylic acids is 2. The van der Waals surface area contributed by atoms with E-state index in [1.165, 1.54) is 0 Å². The summed E-state index contributed by atoms with van der Waals surface area (Å²) in [5.41, 5.74) is 0.947. The summed E-state index contributed by atoms with van der Waals surface area (Å²) in [4.78, 5) is 29.4. The van der Waals surface area contributed by atoms with E-state index >= 15 is 0 Å². The monoisotopic (exact) mass is 320 g/mol. The minimum atomic E-state index is -0.332. The molecule has 23 heavy (non-hydrogen) atoms. The van der Waals surface area contributed by atoms with Gasteiger partial charge < -0.3 is 15.2 Å². The van der Waals surface area contributed by atoms with Crippen LogP contribution in [0.4, 0.5) is 0 Å². The van der Waals surface area contributed by atoms with Crippen LogP contribution in [0.15, 0.2) is 0 Å². The highest BCUT2D eigenvalue weighted by Gasteiger charge is 2.29. The Morgan fingerprint density at radius 3 is 2.57 bits per heavy atom. The zero-order valence-electron chi connectivity index (χ0n) is 14.8. The molecular formula is C17H28N4O2. The van der Waals surface area contributed by atoms with Gasteiger partial charge in [0.05, 0.1) is 5.69 Å². The van der Waals surface area contributed by atoms with Gasteiger partial charge in [0.2, 0.25) is 0 Å². The number of fused-ring (bicyclic) bond motifs is 1. The molecule has 2 heterocycles. The van der Waals surface area contributed by atoms with E-state index in [1.54, 1.807) is 0 Å². The third-order valence-electron chi connectivity index (χ3n) is 4.01. The number of carbonyl (C=O) groups is 2. The Labute approximate surface area is 138 Å². The molecule has 0 spiro atoms. The van der Waals surface area contributed by atoms with Crippen molar-refractivity contribution in [2.45, 2.75) is 78.4 Å². The maximum absolute atomic E-state index is 12.5. The van der Waals surface area contributed by atoms with Crippen molar-refractivity contribution in [2.24, 2.45) is 0 Å². The van der Waals surface area contributed by atoms with E-state index in [9.17, 15) is 9.59 Å². The second-order valence-corrected chi connectivity index (χ2v) is 7.33. The Morgan fingerprint density at radius 2 is 1.96 bits per heavy atom. The fraction of sp³-hybridized carbons (Fsp3) is 0.706. The summed E-state index contributed by atoms with van der Waals surface area (Å²) >= 11 is 0. The average Bonchev–Trinajstić information content (AvgIpc) is 2.85. The van der Waals surface area contributed by atoms with Gasteiger partial charge in [-0.25, -0.2) is 4.98 Å². The number of rotatable bonds is 4. The summed E-state index contributed by atoms with van der Waals surface area (Å²) in [5, 5.41) is 5.89. The summed E-state index contributed by atoms with van der Waals surface area (Å²) < 4.78 is 1.92. The largest absolute Gasteiger partial charge is 0.347 e. The molecule has 1 aromatic rings. The van der Waals surface area contributed by atoms with Crippen LogP contribution >= 0.6 is 0 Å². The Balaban J connectivity index is 2.34. The number of hydrogen-bond acceptors (Lipinski definition) is 3. The molecule has 6 nitrogen and oxygen atoms in total. The van der Waals surface area contributed by atoms with Crippen LogP contribution < -0.4 is 10.6 Å². The van der Waals surface area contributed by atoms with E-state index in [0.717, 1.165) is 37.9 Å². The van der Waals surface area contributed by atoms with Crippen LogP contribution in [-0.4, -0.2) is 32.9 Å². The van der Waals surface area contributed by atoms with Crippen molar-refractivity contribution in [3.8, 4) is 0 Å². The molecule has 1 atom stereocenters. The highest BCUT2D eigenvalue weighted by Crippen LogP contribution is 2.21. The number of aromatic nitrogens is 2. The summed E-state index contributed by atoms with van der Waals surface area (Å²) in [6, 6.07) is 0.0888. The molecule has 0 radical (unpaired) electrons. The number of nitrogens with one attached hydrogen (secondary N) is 2. The summed E-state index contributed by atoms with van der Waals surface area (Å²) in [5.74, 6) is -0.0397. The minimum absolute atomic E-state index is 0.0888. The van der Waals surface area contributed by atoms with Crippen molar-refractivity contribution in [3.05, 3.63) is 17.2 Å². The van der Waals surface area contributed by atoms with Gasteiger partial charge in [0, 0.05) is 18.1 Å². The van der Waals surface area contributed by atoms with E-state index in [2.05, 4.69) is 15.6 Å². The number of imidazole rings is 1. The molecular weight excluding hydrogens is 292 g/mol. The first-order chi connectivity index (χ1) is 10.7. The number of amides is 2. The molecule has 0 bridgehead atoms. The van der Waals surface area contributed by atoms with E-state index in [1.807, 2.05) is 39.2 Å². The zero-order chi connectivity index (χ0) is 17.2. The van der Waals surface area contributed by atoms with E-state index in [4.69, 9.17) is 0 Å². The highest BCUT2D eigenvalue weighted by molar-refractivity contribution is 5.97. The molecule has 2 amide bonds. The van der Waals surface area contributed by atoms with E-state index in [0.29, 0.717) is 11.5 Å². The Kier molecular flexibility index (Phi) is 5.12. The van der Waals surface area contributed by atoms with Gasteiger partial charge in [-0.05, 0) is 53.4 Å². The molecule has 2 rings (SSSR count). The summed E-state index contributed by atoms with van der Waals surface area (Å²) in [6.07, 6.45) is 3.67. The molecule has 0 aliphatic carbocycles. The molecule has 0 aromatic carbocycles. The quantitative estimate of drug-likeness (QED) is 0.893. The first kappa shape index (κ1) is 17.5. The van der Waals surface area contributed by atoms with Crippen molar-refractivity contribution in [1.82, 2.24) is 20.2 Å². The SMILES string of the molecule is CCC(C)NC(=O)c1nc(C(=O)NC(C)(C)C)c2n1CCCC2. The lowest BCUT2D eigenvalue weighted by molar-refractivity contribution is 0.0913. The van der Waals surface area contributed by atoms with Gasteiger partial charge in [0.15, 0.2) is 5.82 Å². The van der Waals surface area contributed by atoms with E-state index < -0.39 is 0 Å². The smallest absolute Gasteiger partial charge is 0.287 e. The van der Waals surface area contributed by atoms with E-state index in [-0.39, 0.29) is 23.4 Å². The van der Waals surface area contributed by atoms with Crippen LogP contribution in [0, 0.1) is 0 Å². The summed E-state index contributed by atoms with van der Waals surface area (Å²) in [6.45, 7) is 10.5. The predicted octanol–water partition coefficient (Wildman–Crippen LogP) is 2.28. The Morgan fingerprint density at radius 1 is 1.26 bits per heavy atom. The standard InChI is InChI=1S/C17H28N4O2/c1-6-11(2)18-16(23)14-19-13(15(22)20-17(3,4)5)12-9-7-8-10-21(12)14/h11H,6-10H2,1-5H3,(H,18,23)(H,20,22). The molecule has 1 aliphatic rings. The molecule has 0 saturated carbocycles. The van der Waals surface area contributed by atoms with Gasteiger partial charge >= 0.3 is 0 Å². The second kappa shape index (κ2) is 6.72. The lowest BCUT2D eigenvalue weighted by atomic mass is 10.1. The normalized spacial score (nSPS) is 15.7. The third kappa shape index (κ3) is 4.12. The second-order valence-electron chi connectivity index (χ2n) is 7.33. The molecule has 1 aliphatic heterocycles. The van der Waals surface area contributed by atoms with Crippen LogP contribution in [0.2, 0.25) is 0 Å². The van der Waals surface area contributed by atoms with Crippen molar-refractivity contribution in [3.63, 3.8) is 0 Å². The van der Waals surface area contributed by atoms with Gasteiger partial charge in [-0.1, -0.05) is 6.92 Å². The Bertz CT molecular complexity index is 598. The average molecular weight is 320 g/mol. The molecule has 6 heteroatoms. The van der Waals surface area contributed by atoms with Crippen molar-refractivity contribution < 1.29 is 9.59 Å². The molecule has 0 saturated heterocycles. The zero-order valence-corrected chi connectivity index (χ0v) is 14.8. The van der Waals surface area contributed by atoms with Gasteiger partial charge in [0.1, 0.15) is 5.69 Å². The maximum Gasteiger partial charge on any atom is 0.287 e. The third-order valence-corrected chi connectivity index (χ3v) is 4.01. The highest BCUT2D eigenvalue weighted by atomic mass is 16.2. The first-order valence-corrected chi connectivity index (χ1v) is 8.45. The van der Waals surface area contributed by atoms with Crippen LogP contribution in [-0.2, 0) is 13.0 Å². The van der Waals surface area contributed by atoms with Crippen molar-refractivity contribution >= 4 is 11.8 Å². The van der Waals surface area contributed by atoms with Gasteiger partial charge in [-0.3, -0.25) is 9.59 Å². The number of hydrogen-bond donors (Lipinski definition) is 2. The maximum atomic E-state index is 12.5. The predicted molar refractivity (Wildman–Crippen MR) is 89.6 cm³/mol. The van der Waals surface area contributed by atoms with Crippen LogP contribution in [0.3, 0.4) is 0 Å². The fourth-order valence-corrected chi connectivity index (χ4v) is 2.69. The lowest BCUT2D eigenvalue weighted by Crippen LogP contribution is -2.41. The van der Waals surface area contributed by atoms with Gasteiger partial charge in [-0.15, -0.1) is 0 Å². The Hall–Kier alpha value is -1.85.